The zero-order valence-corrected chi connectivity index (χ0v) is 15.7. The number of hydrogen-bond acceptors (Lipinski definition) is 4. The Bertz CT molecular complexity index is 768. The van der Waals surface area contributed by atoms with Crippen molar-refractivity contribution in [1.29, 1.82) is 0 Å². The summed E-state index contributed by atoms with van der Waals surface area (Å²) in [6, 6.07) is 1.97. The van der Waals surface area contributed by atoms with Crippen molar-refractivity contribution in [2.24, 2.45) is 0 Å². The highest BCUT2D eigenvalue weighted by atomic mass is 16.2. The fraction of sp³-hybridized carbons (Fsp3) is 0.556. The summed E-state index contributed by atoms with van der Waals surface area (Å²) in [5.41, 5.74) is 2.02. The van der Waals surface area contributed by atoms with Gasteiger partial charge in [-0.3, -0.25) is 9.59 Å². The van der Waals surface area contributed by atoms with E-state index in [1.165, 1.54) is 0 Å². The molecule has 25 heavy (non-hydrogen) atoms. The van der Waals surface area contributed by atoms with Crippen molar-refractivity contribution >= 4 is 22.8 Å². The van der Waals surface area contributed by atoms with Gasteiger partial charge in [0.1, 0.15) is 0 Å². The first kappa shape index (κ1) is 18.9. The molecule has 2 amide bonds. The average Bonchev–Trinajstić information content (AvgIpc) is 3.01. The summed E-state index contributed by atoms with van der Waals surface area (Å²) in [6.07, 6.45) is 2.62. The lowest BCUT2D eigenvalue weighted by molar-refractivity contribution is -0.121. The summed E-state index contributed by atoms with van der Waals surface area (Å²) in [6.45, 7) is 10.8. The molecule has 0 saturated carbocycles. The van der Waals surface area contributed by atoms with E-state index in [-0.39, 0.29) is 24.4 Å². The van der Waals surface area contributed by atoms with E-state index in [0.717, 1.165) is 17.5 Å². The van der Waals surface area contributed by atoms with Gasteiger partial charge >= 0.3 is 0 Å². The number of likely N-dealkylation sites (N-methyl/N-ethyl adjacent to an activating group) is 2. The van der Waals surface area contributed by atoms with Gasteiger partial charge in [0.15, 0.2) is 5.65 Å². The Morgan fingerprint density at radius 2 is 2.04 bits per heavy atom. The Hall–Kier alpha value is -2.44. The number of nitrogens with one attached hydrogen (secondary N) is 1. The van der Waals surface area contributed by atoms with Crippen molar-refractivity contribution in [3.63, 3.8) is 0 Å². The minimum absolute atomic E-state index is 0.0472. The van der Waals surface area contributed by atoms with Crippen molar-refractivity contribution < 1.29 is 9.59 Å². The number of fused-ring (bicyclic) bond motifs is 1. The first-order valence-corrected chi connectivity index (χ1v) is 8.83. The second-order valence-electron chi connectivity index (χ2n) is 6.17. The van der Waals surface area contributed by atoms with E-state index in [4.69, 9.17) is 0 Å². The maximum atomic E-state index is 13.0. The Labute approximate surface area is 148 Å². The molecule has 0 bridgehead atoms. The fourth-order valence-corrected chi connectivity index (χ4v) is 2.74. The Morgan fingerprint density at radius 3 is 2.64 bits per heavy atom. The maximum Gasteiger partial charge on any atom is 0.255 e. The largest absolute Gasteiger partial charge is 0.355 e. The molecule has 0 fully saturated rings. The SMILES string of the molecule is CCNC(=O)CN(CC)C(=O)c1cc(C)nc2c1cnn2[C@H](C)CC. The number of carbonyl (C=O) groups is 2. The van der Waals surface area contributed by atoms with Gasteiger partial charge in [-0.1, -0.05) is 6.92 Å². The van der Waals surface area contributed by atoms with Gasteiger partial charge in [-0.2, -0.15) is 5.10 Å². The molecular formula is C18H27N5O2. The van der Waals surface area contributed by atoms with Gasteiger partial charge in [-0.15, -0.1) is 0 Å². The van der Waals surface area contributed by atoms with Crippen LogP contribution in [-0.4, -0.2) is 51.1 Å². The Morgan fingerprint density at radius 1 is 1.32 bits per heavy atom. The molecule has 7 nitrogen and oxygen atoms in total. The number of aromatic nitrogens is 3. The number of amides is 2. The Balaban J connectivity index is 2.43. The molecule has 2 aromatic heterocycles. The van der Waals surface area contributed by atoms with Crippen LogP contribution in [0.4, 0.5) is 0 Å². The van der Waals surface area contributed by atoms with Crippen LogP contribution in [0, 0.1) is 6.92 Å². The highest BCUT2D eigenvalue weighted by Gasteiger charge is 2.22. The molecule has 0 spiro atoms. The first-order chi connectivity index (χ1) is 11.9. The summed E-state index contributed by atoms with van der Waals surface area (Å²) in [7, 11) is 0. The topological polar surface area (TPSA) is 80.1 Å². The average molecular weight is 345 g/mol. The molecule has 0 saturated heterocycles. The van der Waals surface area contributed by atoms with Crippen LogP contribution in [0.15, 0.2) is 12.3 Å². The molecule has 0 unspecified atom stereocenters. The van der Waals surface area contributed by atoms with Crippen LogP contribution in [0.1, 0.15) is 56.2 Å². The minimum Gasteiger partial charge on any atom is -0.355 e. The third kappa shape index (κ3) is 3.97. The van der Waals surface area contributed by atoms with Crippen LogP contribution < -0.4 is 5.32 Å². The molecule has 0 aromatic carbocycles. The zero-order chi connectivity index (χ0) is 18.6. The van der Waals surface area contributed by atoms with Crippen LogP contribution in [0.2, 0.25) is 0 Å². The number of carbonyl (C=O) groups excluding carboxylic acids is 2. The van der Waals surface area contributed by atoms with Crippen LogP contribution in [0.25, 0.3) is 11.0 Å². The van der Waals surface area contributed by atoms with Gasteiger partial charge < -0.3 is 10.2 Å². The summed E-state index contributed by atoms with van der Waals surface area (Å²) >= 11 is 0. The predicted octanol–water partition coefficient (Wildman–Crippen LogP) is 2.31. The molecule has 1 atom stereocenters. The number of aryl methyl sites for hydroxylation is 1. The standard InChI is InChI=1S/C18H27N5O2/c1-6-13(5)23-17-15(10-20-23)14(9-12(4)21-17)18(25)22(8-3)11-16(24)19-7-2/h9-10,13H,6-8,11H2,1-5H3,(H,19,24)/t13-/m1/s1. The summed E-state index contributed by atoms with van der Waals surface area (Å²) < 4.78 is 1.86. The monoisotopic (exact) mass is 345 g/mol. The van der Waals surface area contributed by atoms with Crippen LogP contribution >= 0.6 is 0 Å². The van der Waals surface area contributed by atoms with Gasteiger partial charge in [-0.05, 0) is 40.2 Å². The van der Waals surface area contributed by atoms with Crippen molar-refractivity contribution in [1.82, 2.24) is 25.0 Å². The normalized spacial score (nSPS) is 12.2. The molecule has 0 radical (unpaired) electrons. The van der Waals surface area contributed by atoms with Gasteiger partial charge in [0.25, 0.3) is 5.91 Å². The number of rotatable bonds is 7. The lowest BCUT2D eigenvalue weighted by atomic mass is 10.1. The zero-order valence-electron chi connectivity index (χ0n) is 15.7. The van der Waals surface area contributed by atoms with Gasteiger partial charge in [0.2, 0.25) is 5.91 Å². The molecule has 2 aromatic rings. The van der Waals surface area contributed by atoms with Crippen LogP contribution in [0.3, 0.4) is 0 Å². The summed E-state index contributed by atoms with van der Waals surface area (Å²) in [5.74, 6) is -0.331. The number of pyridine rings is 1. The minimum atomic E-state index is -0.173. The van der Waals surface area contributed by atoms with Crippen LogP contribution in [0.5, 0.6) is 0 Å². The smallest absolute Gasteiger partial charge is 0.255 e. The summed E-state index contributed by atoms with van der Waals surface area (Å²) in [4.78, 5) is 31.0. The van der Waals surface area contributed by atoms with E-state index >= 15 is 0 Å². The Kier molecular flexibility index (Phi) is 6.12. The molecular weight excluding hydrogens is 318 g/mol. The number of hydrogen-bond donors (Lipinski definition) is 1. The molecule has 2 rings (SSSR count). The van der Waals surface area contributed by atoms with Crippen molar-refractivity contribution in [3.8, 4) is 0 Å². The quantitative estimate of drug-likeness (QED) is 0.835. The van der Waals surface area contributed by atoms with E-state index in [0.29, 0.717) is 24.3 Å². The molecule has 136 valence electrons. The van der Waals surface area contributed by atoms with Gasteiger partial charge in [0.05, 0.1) is 29.7 Å². The van der Waals surface area contributed by atoms with Gasteiger partial charge in [-0.25, -0.2) is 9.67 Å². The molecule has 1 N–H and O–H groups in total. The van der Waals surface area contributed by atoms with Crippen molar-refractivity contribution in [2.45, 2.75) is 47.1 Å². The third-order valence-electron chi connectivity index (χ3n) is 4.31. The lowest BCUT2D eigenvalue weighted by Gasteiger charge is -2.21. The van der Waals surface area contributed by atoms with Crippen molar-refractivity contribution in [3.05, 3.63) is 23.5 Å². The molecule has 0 aliphatic rings. The second-order valence-corrected chi connectivity index (χ2v) is 6.17. The maximum absolute atomic E-state index is 13.0. The highest BCUT2D eigenvalue weighted by Crippen LogP contribution is 2.23. The second kappa shape index (κ2) is 8.09. The molecule has 7 heteroatoms. The lowest BCUT2D eigenvalue weighted by Crippen LogP contribution is -2.40. The predicted molar refractivity (Wildman–Crippen MR) is 97.5 cm³/mol. The molecule has 0 aliphatic carbocycles. The third-order valence-corrected chi connectivity index (χ3v) is 4.31. The van der Waals surface area contributed by atoms with E-state index < -0.39 is 0 Å². The van der Waals surface area contributed by atoms with E-state index in [1.54, 1.807) is 17.2 Å². The highest BCUT2D eigenvalue weighted by molar-refractivity contribution is 6.06. The van der Waals surface area contributed by atoms with E-state index in [1.807, 2.05) is 25.5 Å². The van der Waals surface area contributed by atoms with Gasteiger partial charge in [0, 0.05) is 18.8 Å². The molecule has 2 heterocycles. The van der Waals surface area contributed by atoms with E-state index in [2.05, 4.69) is 29.2 Å². The van der Waals surface area contributed by atoms with Crippen LogP contribution in [-0.2, 0) is 4.79 Å². The summed E-state index contributed by atoms with van der Waals surface area (Å²) in [5, 5.41) is 7.89. The van der Waals surface area contributed by atoms with E-state index in [9.17, 15) is 9.59 Å². The fourth-order valence-electron chi connectivity index (χ4n) is 2.74. The molecule has 0 aliphatic heterocycles. The number of nitrogens with zero attached hydrogens (tertiary/aromatic N) is 4. The first-order valence-electron chi connectivity index (χ1n) is 8.83. The van der Waals surface area contributed by atoms with Crippen molar-refractivity contribution in [2.75, 3.05) is 19.6 Å².